The number of nitrogens with one attached hydrogen (secondary N) is 1. The molecule has 1 aliphatic rings. The third-order valence-corrected chi connectivity index (χ3v) is 3.39. The number of aliphatic hydroxyl groups excluding tert-OH is 1. The van der Waals surface area contributed by atoms with Gasteiger partial charge in [0.2, 0.25) is 5.91 Å². The average Bonchev–Trinajstić information content (AvgIpc) is 2.24. The lowest BCUT2D eigenvalue weighted by atomic mass is 9.77. The van der Waals surface area contributed by atoms with Crippen molar-refractivity contribution in [3.63, 3.8) is 0 Å². The number of aliphatic hydroxyl groups is 1. The number of methoxy groups -OCH3 is 2. The lowest BCUT2D eigenvalue weighted by Gasteiger charge is -2.40. The molecule has 1 fully saturated rings. The summed E-state index contributed by atoms with van der Waals surface area (Å²) in [4.78, 5) is 11.8. The van der Waals surface area contributed by atoms with Crippen LogP contribution in [0.5, 0.6) is 0 Å². The van der Waals surface area contributed by atoms with Crippen molar-refractivity contribution in [3.8, 4) is 0 Å². The summed E-state index contributed by atoms with van der Waals surface area (Å²) in [6.45, 7) is 0.468. The van der Waals surface area contributed by atoms with Gasteiger partial charge in [-0.05, 0) is 25.7 Å². The van der Waals surface area contributed by atoms with Gasteiger partial charge in [-0.2, -0.15) is 0 Å². The molecule has 2 N–H and O–H groups in total. The fourth-order valence-corrected chi connectivity index (χ4v) is 2.15. The zero-order valence-electron chi connectivity index (χ0n) is 10.7. The summed E-state index contributed by atoms with van der Waals surface area (Å²) in [5, 5.41) is 11.8. The van der Waals surface area contributed by atoms with Gasteiger partial charge < -0.3 is 19.9 Å². The molecule has 1 aliphatic carbocycles. The maximum absolute atomic E-state index is 11.8. The van der Waals surface area contributed by atoms with Crippen molar-refractivity contribution in [2.75, 3.05) is 27.4 Å². The van der Waals surface area contributed by atoms with Crippen molar-refractivity contribution in [2.24, 2.45) is 0 Å². The highest BCUT2D eigenvalue weighted by atomic mass is 16.5. The number of rotatable bonds is 8. The first-order valence-electron chi connectivity index (χ1n) is 6.10. The molecule has 0 radical (unpaired) electrons. The van der Waals surface area contributed by atoms with Crippen LogP contribution in [0.2, 0.25) is 0 Å². The van der Waals surface area contributed by atoms with Crippen LogP contribution in [0.1, 0.15) is 32.1 Å². The fourth-order valence-electron chi connectivity index (χ4n) is 2.15. The van der Waals surface area contributed by atoms with E-state index in [0.29, 0.717) is 19.4 Å². The zero-order chi connectivity index (χ0) is 12.7. The Morgan fingerprint density at radius 1 is 1.47 bits per heavy atom. The molecule has 0 saturated heterocycles. The molecule has 1 atom stereocenters. The Bertz CT molecular complexity index is 229. The second-order valence-corrected chi connectivity index (χ2v) is 4.65. The van der Waals surface area contributed by atoms with Gasteiger partial charge >= 0.3 is 0 Å². The average molecular weight is 245 g/mol. The highest BCUT2D eigenvalue weighted by Gasteiger charge is 2.39. The van der Waals surface area contributed by atoms with Gasteiger partial charge in [-0.1, -0.05) is 0 Å². The van der Waals surface area contributed by atoms with E-state index < -0.39 is 0 Å². The highest BCUT2D eigenvalue weighted by molar-refractivity contribution is 5.77. The van der Waals surface area contributed by atoms with Crippen molar-refractivity contribution in [1.29, 1.82) is 0 Å². The minimum atomic E-state index is -0.249. The van der Waals surface area contributed by atoms with Crippen LogP contribution in [-0.4, -0.2) is 50.1 Å². The molecule has 0 aliphatic heterocycles. The van der Waals surface area contributed by atoms with Crippen molar-refractivity contribution in [3.05, 3.63) is 0 Å². The third kappa shape index (κ3) is 4.26. The van der Waals surface area contributed by atoms with Gasteiger partial charge in [-0.3, -0.25) is 4.79 Å². The Morgan fingerprint density at radius 3 is 2.59 bits per heavy atom. The van der Waals surface area contributed by atoms with Gasteiger partial charge in [0.25, 0.3) is 0 Å². The van der Waals surface area contributed by atoms with E-state index in [-0.39, 0.29) is 24.2 Å². The Kier molecular flexibility index (Phi) is 5.88. The minimum Gasteiger partial charge on any atom is -0.396 e. The Morgan fingerprint density at radius 2 is 2.18 bits per heavy atom. The molecule has 0 bridgehead atoms. The Labute approximate surface area is 102 Å². The van der Waals surface area contributed by atoms with Gasteiger partial charge in [0.15, 0.2) is 0 Å². The molecule has 0 aromatic heterocycles. The summed E-state index contributed by atoms with van der Waals surface area (Å²) < 4.78 is 10.4. The van der Waals surface area contributed by atoms with Crippen molar-refractivity contribution < 1.29 is 19.4 Å². The lowest BCUT2D eigenvalue weighted by molar-refractivity contribution is -0.135. The van der Waals surface area contributed by atoms with Crippen LogP contribution in [-0.2, 0) is 14.3 Å². The number of carbonyl (C=O) groups is 1. The van der Waals surface area contributed by atoms with Crippen LogP contribution >= 0.6 is 0 Å². The molecule has 5 heteroatoms. The van der Waals surface area contributed by atoms with E-state index >= 15 is 0 Å². The number of amides is 1. The largest absolute Gasteiger partial charge is 0.396 e. The van der Waals surface area contributed by atoms with Gasteiger partial charge in [-0.15, -0.1) is 0 Å². The number of hydrogen-bond acceptors (Lipinski definition) is 4. The van der Waals surface area contributed by atoms with E-state index in [1.807, 2.05) is 0 Å². The van der Waals surface area contributed by atoms with Gasteiger partial charge in [-0.25, -0.2) is 0 Å². The molecule has 1 amide bonds. The van der Waals surface area contributed by atoms with Crippen molar-refractivity contribution in [1.82, 2.24) is 5.32 Å². The van der Waals surface area contributed by atoms with E-state index in [2.05, 4.69) is 5.32 Å². The van der Waals surface area contributed by atoms with Crippen molar-refractivity contribution >= 4 is 5.91 Å². The second kappa shape index (κ2) is 6.93. The molecule has 17 heavy (non-hydrogen) atoms. The van der Waals surface area contributed by atoms with E-state index in [0.717, 1.165) is 19.3 Å². The molecule has 1 rings (SSSR count). The molecule has 100 valence electrons. The van der Waals surface area contributed by atoms with E-state index in [1.165, 1.54) is 0 Å². The fraction of sp³-hybridized carbons (Fsp3) is 0.917. The topological polar surface area (TPSA) is 67.8 Å². The van der Waals surface area contributed by atoms with Crippen LogP contribution < -0.4 is 5.32 Å². The number of hydrogen-bond donors (Lipinski definition) is 2. The summed E-state index contributed by atoms with van der Waals surface area (Å²) >= 11 is 0. The van der Waals surface area contributed by atoms with Gasteiger partial charge in [0.05, 0.1) is 24.7 Å². The van der Waals surface area contributed by atoms with E-state index in [1.54, 1.807) is 14.2 Å². The molecule has 0 aromatic rings. The molecular weight excluding hydrogens is 222 g/mol. The first-order valence-corrected chi connectivity index (χ1v) is 6.10. The molecular formula is C12H23NO4. The maximum atomic E-state index is 11.8. The predicted octanol–water partition coefficient (Wildman–Crippen LogP) is 0.459. The first kappa shape index (κ1) is 14.4. The van der Waals surface area contributed by atoms with Gasteiger partial charge in [0.1, 0.15) is 0 Å². The first-order chi connectivity index (χ1) is 8.15. The molecule has 1 saturated carbocycles. The second-order valence-electron chi connectivity index (χ2n) is 4.65. The minimum absolute atomic E-state index is 0.0259. The monoisotopic (exact) mass is 245 g/mol. The summed E-state index contributed by atoms with van der Waals surface area (Å²) in [5.74, 6) is -0.0259. The summed E-state index contributed by atoms with van der Waals surface area (Å²) in [5.41, 5.74) is -0.249. The van der Waals surface area contributed by atoms with Crippen LogP contribution in [0, 0.1) is 0 Å². The Hall–Kier alpha value is -0.650. The number of ether oxygens (including phenoxy) is 2. The summed E-state index contributed by atoms with van der Waals surface area (Å²) in [6, 6.07) is -0.119. The summed E-state index contributed by atoms with van der Waals surface area (Å²) in [6.07, 6.45) is 3.94. The smallest absolute Gasteiger partial charge is 0.223 e. The molecule has 1 unspecified atom stereocenters. The van der Waals surface area contributed by atoms with Gasteiger partial charge in [0, 0.05) is 20.8 Å². The van der Waals surface area contributed by atoms with E-state index in [4.69, 9.17) is 14.6 Å². The quantitative estimate of drug-likeness (QED) is 0.652. The van der Waals surface area contributed by atoms with Crippen LogP contribution in [0.3, 0.4) is 0 Å². The number of carbonyl (C=O) groups excluding carboxylic acids is 1. The molecule has 0 aromatic carbocycles. The zero-order valence-corrected chi connectivity index (χ0v) is 10.7. The van der Waals surface area contributed by atoms with Crippen LogP contribution in [0.4, 0.5) is 0 Å². The van der Waals surface area contributed by atoms with Crippen LogP contribution in [0.15, 0.2) is 0 Å². The highest BCUT2D eigenvalue weighted by Crippen LogP contribution is 2.37. The third-order valence-electron chi connectivity index (χ3n) is 3.39. The molecule has 0 spiro atoms. The Balaban J connectivity index is 2.35. The standard InChI is InChI=1S/C12H23NO4/c1-16-9-10(4-7-14)13-11(15)8-12(17-2)5-3-6-12/h10,14H,3-9H2,1-2H3,(H,13,15). The maximum Gasteiger partial charge on any atom is 0.223 e. The lowest BCUT2D eigenvalue weighted by Crippen LogP contribution is -2.47. The van der Waals surface area contributed by atoms with Crippen LogP contribution in [0.25, 0.3) is 0 Å². The normalized spacial score (nSPS) is 19.5. The summed E-state index contributed by atoms with van der Waals surface area (Å²) in [7, 11) is 3.24. The molecule has 0 heterocycles. The predicted molar refractivity (Wildman–Crippen MR) is 63.7 cm³/mol. The SMILES string of the molecule is COCC(CCO)NC(=O)CC1(OC)CCC1. The molecule has 5 nitrogen and oxygen atoms in total. The van der Waals surface area contributed by atoms with E-state index in [9.17, 15) is 4.79 Å². The van der Waals surface area contributed by atoms with Crippen molar-refractivity contribution in [2.45, 2.75) is 43.7 Å².